The Morgan fingerprint density at radius 2 is 1.92 bits per heavy atom. The van der Waals surface area contributed by atoms with Gasteiger partial charge in [0.15, 0.2) is 11.0 Å². The number of thiophene rings is 1. The Morgan fingerprint density at radius 1 is 1.19 bits per heavy atom. The molecule has 2 aromatic heterocycles. The van der Waals surface area contributed by atoms with Crippen molar-refractivity contribution in [1.29, 1.82) is 0 Å². The number of anilines is 1. The van der Waals surface area contributed by atoms with Crippen LogP contribution in [0.25, 0.3) is 0 Å². The fourth-order valence-electron chi connectivity index (χ4n) is 3.11. The number of allylic oxidation sites excluding steroid dienone is 1. The molecule has 0 aliphatic heterocycles. The molecule has 0 fully saturated rings. The van der Waals surface area contributed by atoms with Gasteiger partial charge in [-0.25, -0.2) is 9.59 Å². The van der Waals surface area contributed by atoms with Crippen molar-refractivity contribution in [2.45, 2.75) is 25.2 Å². The minimum Gasteiger partial charge on any atom is -0.484 e. The van der Waals surface area contributed by atoms with Crippen LogP contribution in [-0.2, 0) is 27.4 Å². The van der Waals surface area contributed by atoms with Crippen molar-refractivity contribution in [2.24, 2.45) is 0 Å². The molecule has 3 rings (SSSR count). The molecule has 0 atom stereocenters. The van der Waals surface area contributed by atoms with Crippen molar-refractivity contribution < 1.29 is 28.6 Å². The Bertz CT molecular complexity index is 1340. The number of amides is 1. The number of halogens is 2. The van der Waals surface area contributed by atoms with Gasteiger partial charge in [-0.1, -0.05) is 41.0 Å². The molecule has 3 aromatic rings. The Labute approximate surface area is 230 Å². The number of rotatable bonds is 11. The van der Waals surface area contributed by atoms with E-state index in [0.29, 0.717) is 38.9 Å². The van der Waals surface area contributed by atoms with Gasteiger partial charge in [0.25, 0.3) is 0 Å². The zero-order chi connectivity index (χ0) is 27.1. The summed E-state index contributed by atoms with van der Waals surface area (Å²) < 4.78 is 17.1. The van der Waals surface area contributed by atoms with Crippen LogP contribution < -0.4 is 10.1 Å². The zero-order valence-electron chi connectivity index (χ0n) is 20.0. The number of esters is 2. The molecule has 1 aromatic carbocycles. The summed E-state index contributed by atoms with van der Waals surface area (Å²) in [5.41, 5.74) is 0.462. The summed E-state index contributed by atoms with van der Waals surface area (Å²) in [6, 6.07) is 4.88. The van der Waals surface area contributed by atoms with Gasteiger partial charge >= 0.3 is 11.9 Å². The molecule has 1 amide bonds. The highest BCUT2D eigenvalue weighted by Gasteiger charge is 2.27. The number of methoxy groups -OCH3 is 2. The maximum atomic E-state index is 12.7. The van der Waals surface area contributed by atoms with Crippen LogP contribution in [0.5, 0.6) is 5.75 Å². The van der Waals surface area contributed by atoms with E-state index in [1.54, 1.807) is 35.8 Å². The normalized spacial score (nSPS) is 10.6. The van der Waals surface area contributed by atoms with Crippen LogP contribution in [0.3, 0.4) is 0 Å². The first-order chi connectivity index (χ1) is 17.7. The summed E-state index contributed by atoms with van der Waals surface area (Å²) in [7, 11) is 2.45. The van der Waals surface area contributed by atoms with Crippen LogP contribution in [0.15, 0.2) is 36.0 Å². The summed E-state index contributed by atoms with van der Waals surface area (Å²) in [6.07, 6.45) is 1.66. The lowest BCUT2D eigenvalue weighted by Crippen LogP contribution is -2.16. The van der Waals surface area contributed by atoms with E-state index < -0.39 is 17.8 Å². The first-order valence-corrected chi connectivity index (χ1v) is 13.1. The fraction of sp³-hybridized carbons (Fsp3) is 0.261. The van der Waals surface area contributed by atoms with Crippen LogP contribution in [0, 0.1) is 6.92 Å². The van der Waals surface area contributed by atoms with Gasteiger partial charge in [-0.3, -0.25) is 9.36 Å². The van der Waals surface area contributed by atoms with Crippen LogP contribution in [0.4, 0.5) is 5.00 Å². The summed E-state index contributed by atoms with van der Waals surface area (Å²) >= 11 is 14.1. The number of ether oxygens (including phenoxy) is 3. The van der Waals surface area contributed by atoms with Gasteiger partial charge in [0.05, 0.1) is 30.6 Å². The molecule has 1 N–H and O–H groups in total. The Hall–Kier alpha value is -3.06. The third-order valence-electron chi connectivity index (χ3n) is 4.85. The minimum absolute atomic E-state index is 0.0513. The number of nitrogens with one attached hydrogen (secondary N) is 1. The van der Waals surface area contributed by atoms with Crippen LogP contribution in [-0.4, -0.2) is 52.6 Å². The van der Waals surface area contributed by atoms with E-state index in [9.17, 15) is 14.4 Å². The molecule has 0 bridgehead atoms. The first kappa shape index (κ1) is 28.5. The number of benzene rings is 1. The molecule has 0 aliphatic rings. The molecule has 0 saturated carbocycles. The molecule has 0 unspecified atom stereocenters. The summed E-state index contributed by atoms with van der Waals surface area (Å²) in [6.45, 7) is 5.79. The smallest absolute Gasteiger partial charge is 0.348 e. The topological polar surface area (TPSA) is 122 Å². The quantitative estimate of drug-likeness (QED) is 0.188. The molecule has 14 heteroatoms. The lowest BCUT2D eigenvalue weighted by atomic mass is 10.1. The minimum atomic E-state index is -0.678. The van der Waals surface area contributed by atoms with E-state index in [-0.39, 0.29) is 27.8 Å². The van der Waals surface area contributed by atoms with Gasteiger partial charge < -0.3 is 19.5 Å². The summed E-state index contributed by atoms with van der Waals surface area (Å²) in [5.74, 6) is -0.834. The van der Waals surface area contributed by atoms with E-state index >= 15 is 0 Å². The van der Waals surface area contributed by atoms with Gasteiger partial charge in [0.2, 0.25) is 5.91 Å². The average Bonchev–Trinajstić information content (AvgIpc) is 3.41. The summed E-state index contributed by atoms with van der Waals surface area (Å²) in [4.78, 5) is 37.3. The standard InChI is InChI=1S/C23H22Cl2N4O6S2/c1-5-8-29-16(10-35-15-7-6-13(24)9-14(15)25)27-28-23(29)36-11-17(30)26-20-18(21(31)33-3)12(2)19(37-20)22(32)34-4/h5-7,9H,1,8,10-11H2,2-4H3,(H,26,30). The number of hydrogen-bond donors (Lipinski definition) is 1. The number of hydrogen-bond acceptors (Lipinski definition) is 10. The lowest BCUT2D eigenvalue weighted by Gasteiger charge is -2.10. The van der Waals surface area contributed by atoms with Crippen molar-refractivity contribution in [2.75, 3.05) is 25.3 Å². The molecule has 2 heterocycles. The van der Waals surface area contributed by atoms with Crippen molar-refractivity contribution in [3.63, 3.8) is 0 Å². The zero-order valence-corrected chi connectivity index (χ0v) is 23.1. The second-order valence-corrected chi connectivity index (χ2v) is 10.0. The molecular weight excluding hydrogens is 563 g/mol. The van der Waals surface area contributed by atoms with Crippen molar-refractivity contribution in [3.8, 4) is 5.75 Å². The first-order valence-electron chi connectivity index (χ1n) is 10.5. The third kappa shape index (κ3) is 6.83. The Morgan fingerprint density at radius 3 is 2.57 bits per heavy atom. The molecule has 0 radical (unpaired) electrons. The summed E-state index contributed by atoms with van der Waals surface area (Å²) in [5, 5.41) is 12.5. The SMILES string of the molecule is C=CCn1c(COc2ccc(Cl)cc2Cl)nnc1SCC(=O)Nc1sc(C(=O)OC)c(C)c1C(=O)OC. The molecule has 196 valence electrons. The average molecular weight is 585 g/mol. The second kappa shape index (κ2) is 13.0. The highest BCUT2D eigenvalue weighted by Crippen LogP contribution is 2.34. The maximum Gasteiger partial charge on any atom is 0.348 e. The van der Waals surface area contributed by atoms with E-state index in [2.05, 4.69) is 22.1 Å². The molecular formula is C23H22Cl2N4O6S2. The van der Waals surface area contributed by atoms with Crippen molar-refractivity contribution in [3.05, 3.63) is 62.7 Å². The van der Waals surface area contributed by atoms with Gasteiger partial charge in [-0.05, 0) is 30.7 Å². The Kier molecular flexibility index (Phi) is 9.98. The maximum absolute atomic E-state index is 12.7. The number of nitrogens with zero attached hydrogens (tertiary/aromatic N) is 3. The van der Waals surface area contributed by atoms with Gasteiger partial charge in [0, 0.05) is 11.6 Å². The van der Waals surface area contributed by atoms with Gasteiger partial charge in [-0.15, -0.1) is 28.1 Å². The molecule has 37 heavy (non-hydrogen) atoms. The predicted octanol–water partition coefficient (Wildman–Crippen LogP) is 5.02. The van der Waals surface area contributed by atoms with Crippen LogP contribution in [0.2, 0.25) is 10.0 Å². The van der Waals surface area contributed by atoms with E-state index in [1.165, 1.54) is 14.2 Å². The number of carbonyl (C=O) groups excluding carboxylic acids is 3. The van der Waals surface area contributed by atoms with Gasteiger partial charge in [0.1, 0.15) is 22.2 Å². The lowest BCUT2D eigenvalue weighted by molar-refractivity contribution is -0.113. The third-order valence-corrected chi connectivity index (χ3v) is 7.53. The molecule has 0 spiro atoms. The molecule has 10 nitrogen and oxygen atoms in total. The second-order valence-electron chi connectivity index (χ2n) is 7.24. The van der Waals surface area contributed by atoms with Crippen LogP contribution >= 0.6 is 46.3 Å². The Balaban J connectivity index is 1.72. The van der Waals surface area contributed by atoms with E-state index in [4.69, 9.17) is 37.4 Å². The largest absolute Gasteiger partial charge is 0.484 e. The van der Waals surface area contributed by atoms with Crippen molar-refractivity contribution >= 4 is 69.1 Å². The van der Waals surface area contributed by atoms with Crippen LogP contribution in [0.1, 0.15) is 31.4 Å². The van der Waals surface area contributed by atoms with Gasteiger partial charge in [-0.2, -0.15) is 0 Å². The molecule has 0 aliphatic carbocycles. The predicted molar refractivity (Wildman–Crippen MR) is 142 cm³/mol. The fourth-order valence-corrected chi connectivity index (χ4v) is 5.47. The monoisotopic (exact) mass is 584 g/mol. The van der Waals surface area contributed by atoms with Crippen molar-refractivity contribution in [1.82, 2.24) is 14.8 Å². The van der Waals surface area contributed by atoms with E-state index in [1.807, 2.05) is 0 Å². The number of aromatic nitrogens is 3. The number of carbonyl (C=O) groups is 3. The molecule has 0 saturated heterocycles. The number of thioether (sulfide) groups is 1. The highest BCUT2D eigenvalue weighted by atomic mass is 35.5. The highest BCUT2D eigenvalue weighted by molar-refractivity contribution is 7.99. The van der Waals surface area contributed by atoms with E-state index in [0.717, 1.165) is 23.1 Å².